The van der Waals surface area contributed by atoms with Gasteiger partial charge in [0, 0.05) is 24.5 Å². The van der Waals surface area contributed by atoms with Gasteiger partial charge in [0.25, 0.3) is 0 Å². The van der Waals surface area contributed by atoms with Crippen molar-refractivity contribution in [1.82, 2.24) is 10.2 Å². The number of halogens is 3. The molecule has 0 saturated carbocycles. The monoisotopic (exact) mass is 316 g/mol. The number of carbonyl (C=O) groups excluding carboxylic acids is 2. The fourth-order valence-electron chi connectivity index (χ4n) is 2.11. The van der Waals surface area contributed by atoms with E-state index in [0.717, 1.165) is 12.1 Å². The maximum Gasteiger partial charge on any atom is 0.418 e. The van der Waals surface area contributed by atoms with E-state index in [1.807, 2.05) is 0 Å². The van der Waals surface area contributed by atoms with E-state index in [1.54, 1.807) is 4.90 Å². The van der Waals surface area contributed by atoms with Crippen molar-refractivity contribution in [3.05, 3.63) is 23.8 Å². The van der Waals surface area contributed by atoms with Crippen LogP contribution >= 0.6 is 0 Å². The Hall–Kier alpha value is -2.29. The Morgan fingerprint density at radius 3 is 2.77 bits per heavy atom. The largest absolute Gasteiger partial charge is 0.418 e. The summed E-state index contributed by atoms with van der Waals surface area (Å²) >= 11 is 0. The number of nitrogens with zero attached hydrogens (tertiary/aromatic N) is 1. The van der Waals surface area contributed by atoms with Gasteiger partial charge in [0.15, 0.2) is 0 Å². The first-order valence-electron chi connectivity index (χ1n) is 6.51. The molecule has 1 aromatic rings. The number of nitrogen functional groups attached to an aromatic ring is 1. The third-order valence-electron chi connectivity index (χ3n) is 3.13. The van der Waals surface area contributed by atoms with Gasteiger partial charge in [-0.3, -0.25) is 14.5 Å². The summed E-state index contributed by atoms with van der Waals surface area (Å²) in [5, 5.41) is 4.99. The molecular formula is C13H15F3N4O2. The van der Waals surface area contributed by atoms with E-state index in [2.05, 4.69) is 10.6 Å². The van der Waals surface area contributed by atoms with Crippen molar-refractivity contribution in [2.24, 2.45) is 0 Å². The Bertz CT molecular complexity index is 589. The number of anilines is 2. The van der Waals surface area contributed by atoms with Crippen LogP contribution in [-0.2, 0) is 15.8 Å². The van der Waals surface area contributed by atoms with Crippen LogP contribution in [0.3, 0.4) is 0 Å². The lowest BCUT2D eigenvalue weighted by molar-refractivity contribution is -0.137. The Kier molecular flexibility index (Phi) is 4.55. The number of benzene rings is 1. The van der Waals surface area contributed by atoms with Crippen molar-refractivity contribution in [1.29, 1.82) is 0 Å². The van der Waals surface area contributed by atoms with Gasteiger partial charge < -0.3 is 16.4 Å². The minimum absolute atomic E-state index is 0.00739. The topological polar surface area (TPSA) is 87.5 Å². The fraction of sp³-hybridized carbons (Fsp3) is 0.385. The normalized spacial score (nSPS) is 16.2. The van der Waals surface area contributed by atoms with E-state index in [-0.39, 0.29) is 24.7 Å². The van der Waals surface area contributed by atoms with Crippen molar-refractivity contribution < 1.29 is 22.8 Å². The highest BCUT2D eigenvalue weighted by Crippen LogP contribution is 2.35. The molecule has 2 amide bonds. The molecule has 22 heavy (non-hydrogen) atoms. The molecule has 4 N–H and O–H groups in total. The second kappa shape index (κ2) is 6.22. The first-order chi connectivity index (χ1) is 10.3. The molecule has 0 radical (unpaired) electrons. The predicted octanol–water partition coefficient (Wildman–Crippen LogP) is 0.658. The van der Waals surface area contributed by atoms with Gasteiger partial charge in [-0.1, -0.05) is 0 Å². The molecular weight excluding hydrogens is 301 g/mol. The number of amides is 2. The van der Waals surface area contributed by atoms with E-state index in [9.17, 15) is 22.8 Å². The Morgan fingerprint density at radius 1 is 1.41 bits per heavy atom. The highest BCUT2D eigenvalue weighted by molar-refractivity contribution is 5.93. The average molecular weight is 316 g/mol. The maximum atomic E-state index is 12.7. The molecule has 0 atom stereocenters. The zero-order valence-electron chi connectivity index (χ0n) is 11.5. The predicted molar refractivity (Wildman–Crippen MR) is 73.9 cm³/mol. The van der Waals surface area contributed by atoms with Crippen LogP contribution in [-0.4, -0.2) is 42.9 Å². The van der Waals surface area contributed by atoms with Crippen LogP contribution in [0.4, 0.5) is 24.5 Å². The molecule has 0 aromatic heterocycles. The number of hydrogen-bond donors (Lipinski definition) is 3. The number of piperazine rings is 1. The summed E-state index contributed by atoms with van der Waals surface area (Å²) in [5.74, 6) is -0.682. The number of rotatable bonds is 3. The van der Waals surface area contributed by atoms with Crippen LogP contribution in [0.25, 0.3) is 0 Å². The standard InChI is InChI=1S/C13H15F3N4O2/c14-13(15,16)9-5-8(1-2-10(9)17)19-12(22)7-20-4-3-18-11(21)6-20/h1-2,5H,3-4,6-7,17H2,(H,18,21)(H,19,22). The van der Waals surface area contributed by atoms with Gasteiger partial charge in [-0.25, -0.2) is 0 Å². The molecule has 0 bridgehead atoms. The van der Waals surface area contributed by atoms with Gasteiger partial charge in [-0.15, -0.1) is 0 Å². The molecule has 1 aliphatic rings. The number of nitrogens with one attached hydrogen (secondary N) is 2. The summed E-state index contributed by atoms with van der Waals surface area (Å²) < 4.78 is 38.2. The van der Waals surface area contributed by atoms with Gasteiger partial charge in [0.2, 0.25) is 11.8 Å². The Balaban J connectivity index is 2.01. The van der Waals surface area contributed by atoms with Crippen molar-refractivity contribution >= 4 is 23.2 Å². The summed E-state index contributed by atoms with van der Waals surface area (Å²) in [6.07, 6.45) is -4.59. The highest BCUT2D eigenvalue weighted by atomic mass is 19.4. The molecule has 120 valence electrons. The van der Waals surface area contributed by atoms with Crippen LogP contribution in [0.15, 0.2) is 18.2 Å². The van der Waals surface area contributed by atoms with E-state index in [4.69, 9.17) is 5.73 Å². The van der Waals surface area contributed by atoms with Crippen molar-refractivity contribution in [3.63, 3.8) is 0 Å². The van der Waals surface area contributed by atoms with E-state index in [0.29, 0.717) is 13.1 Å². The fourth-order valence-corrected chi connectivity index (χ4v) is 2.11. The van der Waals surface area contributed by atoms with E-state index >= 15 is 0 Å². The molecule has 1 fully saturated rings. The smallest absolute Gasteiger partial charge is 0.398 e. The third kappa shape index (κ3) is 4.10. The van der Waals surface area contributed by atoms with Crippen LogP contribution in [0.2, 0.25) is 0 Å². The van der Waals surface area contributed by atoms with Crippen LogP contribution in [0, 0.1) is 0 Å². The maximum absolute atomic E-state index is 12.7. The van der Waals surface area contributed by atoms with E-state index < -0.39 is 23.3 Å². The molecule has 1 saturated heterocycles. The van der Waals surface area contributed by atoms with Gasteiger partial charge in [0.05, 0.1) is 18.7 Å². The molecule has 1 heterocycles. The number of alkyl halides is 3. The van der Waals surface area contributed by atoms with Gasteiger partial charge in [0.1, 0.15) is 0 Å². The lowest BCUT2D eigenvalue weighted by Crippen LogP contribution is -2.49. The van der Waals surface area contributed by atoms with Gasteiger partial charge >= 0.3 is 6.18 Å². The zero-order chi connectivity index (χ0) is 16.3. The third-order valence-corrected chi connectivity index (χ3v) is 3.13. The molecule has 1 aliphatic heterocycles. The van der Waals surface area contributed by atoms with Crippen molar-refractivity contribution in [3.8, 4) is 0 Å². The molecule has 0 unspecified atom stereocenters. The molecule has 0 aliphatic carbocycles. The summed E-state index contributed by atoms with van der Waals surface area (Å²) in [6.45, 7) is 0.961. The molecule has 6 nitrogen and oxygen atoms in total. The van der Waals surface area contributed by atoms with Crippen molar-refractivity contribution in [2.75, 3.05) is 37.2 Å². The summed E-state index contributed by atoms with van der Waals surface area (Å²) in [4.78, 5) is 24.6. The number of carbonyl (C=O) groups is 2. The summed E-state index contributed by atoms with van der Waals surface area (Å²) in [5.41, 5.74) is 3.89. The molecule has 9 heteroatoms. The van der Waals surface area contributed by atoms with E-state index in [1.165, 1.54) is 6.07 Å². The number of nitrogens with two attached hydrogens (primary N) is 1. The first kappa shape index (κ1) is 16.1. The lowest BCUT2D eigenvalue weighted by atomic mass is 10.1. The average Bonchev–Trinajstić information content (AvgIpc) is 2.39. The summed E-state index contributed by atoms with van der Waals surface area (Å²) in [6, 6.07) is 3.17. The van der Waals surface area contributed by atoms with Gasteiger partial charge in [-0.2, -0.15) is 13.2 Å². The highest BCUT2D eigenvalue weighted by Gasteiger charge is 2.33. The molecule has 2 rings (SSSR count). The SMILES string of the molecule is Nc1ccc(NC(=O)CN2CCNC(=O)C2)cc1C(F)(F)F. The van der Waals surface area contributed by atoms with Crippen molar-refractivity contribution in [2.45, 2.75) is 6.18 Å². The molecule has 1 aromatic carbocycles. The second-order valence-electron chi connectivity index (χ2n) is 4.91. The lowest BCUT2D eigenvalue weighted by Gasteiger charge is -2.25. The van der Waals surface area contributed by atoms with Crippen LogP contribution in [0.1, 0.15) is 5.56 Å². The van der Waals surface area contributed by atoms with Gasteiger partial charge in [-0.05, 0) is 18.2 Å². The first-order valence-corrected chi connectivity index (χ1v) is 6.51. The second-order valence-corrected chi connectivity index (χ2v) is 4.91. The summed E-state index contributed by atoms with van der Waals surface area (Å²) in [7, 11) is 0. The molecule has 0 spiro atoms. The quantitative estimate of drug-likeness (QED) is 0.715. The van der Waals surface area contributed by atoms with Crippen LogP contribution in [0.5, 0.6) is 0 Å². The Labute approximate surface area is 124 Å². The minimum atomic E-state index is -4.59. The number of hydrogen-bond acceptors (Lipinski definition) is 4. The Morgan fingerprint density at radius 2 is 2.14 bits per heavy atom. The zero-order valence-corrected chi connectivity index (χ0v) is 11.5. The minimum Gasteiger partial charge on any atom is -0.398 e. The van der Waals surface area contributed by atoms with Crippen LogP contribution < -0.4 is 16.4 Å².